The van der Waals surface area contributed by atoms with Gasteiger partial charge in [-0.15, -0.1) is 11.3 Å². The normalized spacial score (nSPS) is 28.0. The summed E-state index contributed by atoms with van der Waals surface area (Å²) in [6.45, 7) is 0.778. The second-order valence-corrected chi connectivity index (χ2v) is 6.74. The maximum atomic E-state index is 9.70. The molecular formula is C8H13NO2S2Si. The predicted octanol–water partition coefficient (Wildman–Crippen LogP) is 1.16. The zero-order chi connectivity index (χ0) is 10.2. The van der Waals surface area contributed by atoms with E-state index in [1.807, 2.05) is 0 Å². The van der Waals surface area contributed by atoms with E-state index in [9.17, 15) is 5.11 Å². The molecule has 14 heavy (non-hydrogen) atoms. The van der Waals surface area contributed by atoms with E-state index >= 15 is 0 Å². The highest BCUT2D eigenvalue weighted by Gasteiger charge is 2.31. The molecule has 0 spiro atoms. The predicted molar refractivity (Wildman–Crippen MR) is 62.5 cm³/mol. The summed E-state index contributed by atoms with van der Waals surface area (Å²) in [5.74, 6) is 0.247. The van der Waals surface area contributed by atoms with Gasteiger partial charge in [0.25, 0.3) is 0 Å². The van der Waals surface area contributed by atoms with Gasteiger partial charge in [0, 0.05) is 6.61 Å². The number of rotatable bonds is 1. The van der Waals surface area contributed by atoms with Crippen LogP contribution in [-0.2, 0) is 10.1 Å². The molecule has 1 N–H and O–H groups in total. The van der Waals surface area contributed by atoms with Gasteiger partial charge in [-0.05, 0) is 31.5 Å². The Morgan fingerprint density at radius 1 is 1.64 bits per heavy atom. The van der Waals surface area contributed by atoms with E-state index in [1.165, 1.54) is 11.3 Å². The van der Waals surface area contributed by atoms with Crippen LogP contribution in [0.5, 0.6) is 5.88 Å². The molecule has 1 aliphatic heterocycles. The van der Waals surface area contributed by atoms with E-state index in [1.54, 1.807) is 9.95 Å². The lowest BCUT2D eigenvalue weighted by Gasteiger charge is -2.35. The molecule has 1 atom stereocenters. The lowest BCUT2D eigenvalue weighted by molar-refractivity contribution is -0.0746. The number of nitrogens with zero attached hydrogens (tertiary/aromatic N) is 1. The van der Waals surface area contributed by atoms with Crippen molar-refractivity contribution in [1.29, 1.82) is 0 Å². The molecule has 2 heterocycles. The van der Waals surface area contributed by atoms with Crippen molar-refractivity contribution < 1.29 is 9.84 Å². The zero-order valence-corrected chi connectivity index (χ0v) is 11.7. The van der Waals surface area contributed by atoms with Crippen LogP contribution in [0.2, 0.25) is 0 Å². The van der Waals surface area contributed by atoms with Crippen LogP contribution in [-0.4, -0.2) is 26.5 Å². The number of thiazole rings is 1. The van der Waals surface area contributed by atoms with E-state index in [2.05, 4.69) is 0 Å². The summed E-state index contributed by atoms with van der Waals surface area (Å²) in [5.41, 5.74) is 0. The van der Waals surface area contributed by atoms with Crippen LogP contribution in [0, 0.1) is 3.95 Å². The van der Waals surface area contributed by atoms with Crippen molar-refractivity contribution in [3.8, 4) is 5.88 Å². The van der Waals surface area contributed by atoms with Crippen LogP contribution < -0.4 is 0 Å². The summed E-state index contributed by atoms with van der Waals surface area (Å²) in [7, 11) is 0.851. The summed E-state index contributed by atoms with van der Waals surface area (Å²) in [6, 6.07) is 0. The Labute approximate surface area is 94.8 Å². The first kappa shape index (κ1) is 10.3. The molecule has 1 aliphatic rings. The molecule has 0 amide bonds. The van der Waals surface area contributed by atoms with E-state index in [0.717, 1.165) is 36.1 Å². The Morgan fingerprint density at radius 3 is 2.93 bits per heavy atom. The van der Waals surface area contributed by atoms with Crippen molar-refractivity contribution in [1.82, 2.24) is 4.57 Å². The number of hydrogen-bond donors (Lipinski definition) is 1. The van der Waals surface area contributed by atoms with Crippen LogP contribution in [0.3, 0.4) is 0 Å². The van der Waals surface area contributed by atoms with Crippen molar-refractivity contribution in [3.05, 3.63) is 9.33 Å². The Kier molecular flexibility index (Phi) is 2.78. The van der Waals surface area contributed by atoms with Gasteiger partial charge in [-0.3, -0.25) is 4.57 Å². The molecule has 1 aromatic rings. The van der Waals surface area contributed by atoms with Crippen LogP contribution in [0.1, 0.15) is 19.3 Å². The minimum atomic E-state index is -0.306. The van der Waals surface area contributed by atoms with Gasteiger partial charge in [-0.2, -0.15) is 0 Å². The first-order valence-corrected chi connectivity index (χ1v) is 6.96. The Balaban J connectivity index is 2.41. The molecule has 1 unspecified atom stereocenters. The van der Waals surface area contributed by atoms with E-state index < -0.39 is 0 Å². The monoisotopic (exact) mass is 247 g/mol. The Bertz CT molecular complexity index is 381. The molecular weight excluding hydrogens is 234 g/mol. The molecule has 6 heteroatoms. The molecule has 1 fully saturated rings. The zero-order valence-electron chi connectivity index (χ0n) is 8.02. The standard InChI is InChI=1S/C8H13NO2S2Si/c10-6-5-13-7(12)9(6)8(14)3-1-2-4-11-8/h5,10H,1-4H2,14H3. The number of ether oxygens (including phenoxy) is 1. The van der Waals surface area contributed by atoms with Crippen molar-refractivity contribution >= 4 is 33.8 Å². The highest BCUT2D eigenvalue weighted by molar-refractivity contribution is 7.73. The van der Waals surface area contributed by atoms with Gasteiger partial charge in [0.15, 0.2) is 3.95 Å². The fourth-order valence-electron chi connectivity index (χ4n) is 1.83. The number of hydrogen-bond acceptors (Lipinski definition) is 4. The molecule has 78 valence electrons. The largest absolute Gasteiger partial charge is 0.494 e. The summed E-state index contributed by atoms with van der Waals surface area (Å²) in [4.78, 5) is 0. The highest BCUT2D eigenvalue weighted by atomic mass is 32.1. The highest BCUT2D eigenvalue weighted by Crippen LogP contribution is 2.32. The molecule has 0 radical (unpaired) electrons. The van der Waals surface area contributed by atoms with Gasteiger partial charge in [-0.25, -0.2) is 0 Å². The third kappa shape index (κ3) is 1.67. The van der Waals surface area contributed by atoms with Gasteiger partial charge in [0.2, 0.25) is 5.88 Å². The maximum Gasteiger partial charge on any atom is 0.205 e. The maximum absolute atomic E-state index is 9.70. The third-order valence-electron chi connectivity index (χ3n) is 2.60. The molecule has 0 bridgehead atoms. The molecule has 0 aliphatic carbocycles. The average Bonchev–Trinajstić information content (AvgIpc) is 2.48. The molecule has 3 nitrogen and oxygen atoms in total. The lowest BCUT2D eigenvalue weighted by Crippen LogP contribution is -2.39. The van der Waals surface area contributed by atoms with Gasteiger partial charge in [0.05, 0.1) is 15.6 Å². The summed E-state index contributed by atoms with van der Waals surface area (Å²) in [5, 5.41) is 11.1. The van der Waals surface area contributed by atoms with Gasteiger partial charge < -0.3 is 9.84 Å². The number of aromatic hydroxyl groups is 1. The minimum Gasteiger partial charge on any atom is -0.494 e. The van der Waals surface area contributed by atoms with Crippen molar-refractivity contribution in [2.24, 2.45) is 0 Å². The van der Waals surface area contributed by atoms with E-state index in [4.69, 9.17) is 17.0 Å². The smallest absolute Gasteiger partial charge is 0.205 e. The first-order valence-electron chi connectivity index (χ1n) is 4.67. The van der Waals surface area contributed by atoms with Crippen molar-refractivity contribution in [2.45, 2.75) is 24.6 Å². The third-order valence-corrected chi connectivity index (χ3v) is 5.02. The summed E-state index contributed by atoms with van der Waals surface area (Å²) >= 11 is 6.58. The average molecular weight is 247 g/mol. The Hall–Kier alpha value is -0.173. The topological polar surface area (TPSA) is 34.4 Å². The van der Waals surface area contributed by atoms with Crippen molar-refractivity contribution in [2.75, 3.05) is 6.61 Å². The second-order valence-electron chi connectivity index (χ2n) is 3.68. The summed E-state index contributed by atoms with van der Waals surface area (Å²) in [6.07, 6.45) is 3.24. The fraction of sp³-hybridized carbons (Fsp3) is 0.625. The minimum absolute atomic E-state index is 0.247. The quantitative estimate of drug-likeness (QED) is 0.597. The fourth-order valence-corrected chi connectivity index (χ4v) is 4.30. The van der Waals surface area contributed by atoms with Crippen molar-refractivity contribution in [3.63, 3.8) is 0 Å². The SMILES string of the molecule is Oc1csc(=S)n1C1([SiH3])CCCCO1. The molecule has 0 saturated carbocycles. The molecule has 2 rings (SSSR count). The number of aromatic nitrogens is 1. The first-order chi connectivity index (χ1) is 6.63. The van der Waals surface area contributed by atoms with Gasteiger partial charge in [-0.1, -0.05) is 0 Å². The van der Waals surface area contributed by atoms with Crippen LogP contribution in [0.25, 0.3) is 0 Å². The lowest BCUT2D eigenvalue weighted by atomic mass is 10.2. The molecule has 0 aromatic carbocycles. The summed E-state index contributed by atoms with van der Waals surface area (Å²) < 4.78 is 8.26. The van der Waals surface area contributed by atoms with Crippen LogP contribution in [0.15, 0.2) is 5.38 Å². The second kappa shape index (κ2) is 3.77. The van der Waals surface area contributed by atoms with Gasteiger partial charge in [0.1, 0.15) is 5.35 Å². The molecule has 1 saturated heterocycles. The van der Waals surface area contributed by atoms with E-state index in [-0.39, 0.29) is 11.2 Å². The van der Waals surface area contributed by atoms with Crippen LogP contribution in [0.4, 0.5) is 0 Å². The Morgan fingerprint density at radius 2 is 2.43 bits per heavy atom. The van der Waals surface area contributed by atoms with Crippen LogP contribution >= 0.6 is 23.6 Å². The molecule has 1 aromatic heterocycles. The van der Waals surface area contributed by atoms with Gasteiger partial charge >= 0.3 is 0 Å². The van der Waals surface area contributed by atoms with E-state index in [0.29, 0.717) is 3.95 Å².